The molecule has 0 amide bonds. The van der Waals surface area contributed by atoms with Gasteiger partial charge in [-0.15, -0.1) is 0 Å². The van der Waals surface area contributed by atoms with Gasteiger partial charge in [-0.05, 0) is 30.2 Å². The van der Waals surface area contributed by atoms with Crippen LogP contribution in [0.4, 0.5) is 13.2 Å². The summed E-state index contributed by atoms with van der Waals surface area (Å²) in [5.41, 5.74) is -2.05. The second-order valence-electron chi connectivity index (χ2n) is 5.12. The Morgan fingerprint density at radius 2 is 1.86 bits per heavy atom. The Kier molecular flexibility index (Phi) is 4.42. The highest BCUT2D eigenvalue weighted by atomic mass is 35.5. The zero-order chi connectivity index (χ0) is 15.8. The predicted molar refractivity (Wildman–Crippen MR) is 72.5 cm³/mol. The third-order valence-electron chi connectivity index (χ3n) is 3.63. The molecule has 1 aromatic carbocycles. The lowest BCUT2D eigenvalue weighted by Crippen LogP contribution is -2.47. The normalized spacial score (nSPS) is 23.5. The molecule has 116 valence electrons. The Bertz CT molecular complexity index is 545. The molecule has 8 heteroatoms. The molecule has 0 radical (unpaired) electrons. The van der Waals surface area contributed by atoms with Crippen LogP contribution in [0.5, 0.6) is 0 Å². The molecular formula is C13H12Cl2F3NO2. The monoisotopic (exact) mass is 341 g/mol. The van der Waals surface area contributed by atoms with E-state index < -0.39 is 30.5 Å². The van der Waals surface area contributed by atoms with Gasteiger partial charge in [0.15, 0.2) is 5.41 Å². The number of alkyl halides is 3. The summed E-state index contributed by atoms with van der Waals surface area (Å²) in [6, 6.07) is 4.72. The molecule has 1 aliphatic heterocycles. The Morgan fingerprint density at radius 3 is 2.29 bits per heavy atom. The fourth-order valence-electron chi connectivity index (χ4n) is 2.51. The van der Waals surface area contributed by atoms with Crippen molar-refractivity contribution in [3.63, 3.8) is 0 Å². The largest absolute Gasteiger partial charge is 0.481 e. The van der Waals surface area contributed by atoms with E-state index in [4.69, 9.17) is 28.3 Å². The van der Waals surface area contributed by atoms with E-state index in [0.29, 0.717) is 15.6 Å². The van der Waals surface area contributed by atoms with Gasteiger partial charge in [-0.3, -0.25) is 9.69 Å². The fourth-order valence-corrected chi connectivity index (χ4v) is 3.08. The number of benzene rings is 1. The molecule has 1 aromatic rings. The van der Waals surface area contributed by atoms with E-state index in [2.05, 4.69) is 0 Å². The zero-order valence-electron chi connectivity index (χ0n) is 10.8. The van der Waals surface area contributed by atoms with Gasteiger partial charge >= 0.3 is 12.1 Å². The summed E-state index contributed by atoms with van der Waals surface area (Å²) in [5.74, 6) is -1.83. The van der Waals surface area contributed by atoms with Gasteiger partial charge in [-0.1, -0.05) is 23.2 Å². The lowest BCUT2D eigenvalue weighted by molar-refractivity contribution is -0.227. The molecule has 1 unspecified atom stereocenters. The summed E-state index contributed by atoms with van der Waals surface area (Å²) in [4.78, 5) is 12.5. The summed E-state index contributed by atoms with van der Waals surface area (Å²) in [7, 11) is 0. The second kappa shape index (κ2) is 5.66. The number of likely N-dealkylation sites (tertiary alicyclic amines) is 1. The van der Waals surface area contributed by atoms with Gasteiger partial charge in [0.1, 0.15) is 0 Å². The minimum absolute atomic E-state index is 0.0515. The van der Waals surface area contributed by atoms with Crippen LogP contribution in [-0.4, -0.2) is 35.2 Å². The molecule has 2 rings (SSSR count). The highest BCUT2D eigenvalue weighted by Gasteiger charge is 2.63. The third kappa shape index (κ3) is 3.27. The second-order valence-corrected chi connectivity index (χ2v) is 6.00. The van der Waals surface area contributed by atoms with Crippen molar-refractivity contribution in [3.8, 4) is 0 Å². The van der Waals surface area contributed by atoms with Gasteiger partial charge < -0.3 is 5.11 Å². The van der Waals surface area contributed by atoms with Gasteiger partial charge in [-0.25, -0.2) is 0 Å². The van der Waals surface area contributed by atoms with Crippen LogP contribution in [-0.2, 0) is 11.3 Å². The smallest absolute Gasteiger partial charge is 0.406 e. The molecule has 1 fully saturated rings. The summed E-state index contributed by atoms with van der Waals surface area (Å²) in [5, 5.41) is 9.75. The SMILES string of the molecule is O=C(O)C1(C(F)(F)F)CCN(Cc2cc(Cl)cc(Cl)c2)C1. The summed E-state index contributed by atoms with van der Waals surface area (Å²) >= 11 is 11.7. The number of hydrogen-bond acceptors (Lipinski definition) is 2. The summed E-state index contributed by atoms with van der Waals surface area (Å²) < 4.78 is 39.2. The summed E-state index contributed by atoms with van der Waals surface area (Å²) in [6.45, 7) is -0.350. The van der Waals surface area contributed by atoms with Crippen molar-refractivity contribution in [2.45, 2.75) is 19.1 Å². The highest BCUT2D eigenvalue weighted by molar-refractivity contribution is 6.34. The quantitative estimate of drug-likeness (QED) is 0.908. The maximum Gasteiger partial charge on any atom is 0.406 e. The lowest BCUT2D eigenvalue weighted by Gasteiger charge is -2.27. The first kappa shape index (κ1) is 16.4. The number of carboxylic acids is 1. The Hall–Kier alpha value is -0.980. The van der Waals surface area contributed by atoms with Crippen molar-refractivity contribution in [3.05, 3.63) is 33.8 Å². The Morgan fingerprint density at radius 1 is 1.29 bits per heavy atom. The Labute approximate surface area is 129 Å². The van der Waals surface area contributed by atoms with E-state index >= 15 is 0 Å². The molecule has 0 spiro atoms. The number of aliphatic carboxylic acids is 1. The van der Waals surface area contributed by atoms with E-state index in [-0.39, 0.29) is 13.1 Å². The molecule has 0 aromatic heterocycles. The predicted octanol–water partition coefficient (Wildman–Crippen LogP) is 3.83. The topological polar surface area (TPSA) is 40.5 Å². The molecule has 0 aliphatic carbocycles. The molecule has 1 heterocycles. The molecule has 21 heavy (non-hydrogen) atoms. The van der Waals surface area contributed by atoms with Crippen LogP contribution in [0.15, 0.2) is 18.2 Å². The lowest BCUT2D eigenvalue weighted by atomic mass is 9.86. The van der Waals surface area contributed by atoms with Crippen molar-refractivity contribution in [2.75, 3.05) is 13.1 Å². The molecule has 0 saturated carbocycles. The van der Waals surface area contributed by atoms with E-state index in [1.165, 1.54) is 11.0 Å². The van der Waals surface area contributed by atoms with Crippen LogP contribution in [0.25, 0.3) is 0 Å². The minimum atomic E-state index is -4.78. The number of halogens is 5. The van der Waals surface area contributed by atoms with E-state index in [1.54, 1.807) is 12.1 Å². The molecular weight excluding hydrogens is 330 g/mol. The maximum absolute atomic E-state index is 13.1. The fraction of sp³-hybridized carbons (Fsp3) is 0.462. The summed E-state index contributed by atoms with van der Waals surface area (Å²) in [6.07, 6.45) is -5.24. The Balaban J connectivity index is 2.16. The van der Waals surface area contributed by atoms with E-state index in [0.717, 1.165) is 0 Å². The number of nitrogens with zero attached hydrogens (tertiary/aromatic N) is 1. The standard InChI is InChI=1S/C13H12Cl2F3NO2/c14-9-3-8(4-10(15)5-9)6-19-2-1-12(7-19,11(20)21)13(16,17)18/h3-5H,1-2,6-7H2,(H,20,21). The van der Waals surface area contributed by atoms with Crippen molar-refractivity contribution in [2.24, 2.45) is 5.41 Å². The number of carbonyl (C=O) groups is 1. The van der Waals surface area contributed by atoms with Gasteiger partial charge in [0, 0.05) is 29.7 Å². The average Bonchev–Trinajstić information content (AvgIpc) is 2.72. The molecule has 1 atom stereocenters. The first-order chi connectivity index (χ1) is 9.64. The van der Waals surface area contributed by atoms with Gasteiger partial charge in [0.2, 0.25) is 0 Å². The first-order valence-corrected chi connectivity index (χ1v) is 6.87. The van der Waals surface area contributed by atoms with Gasteiger partial charge in [-0.2, -0.15) is 13.2 Å². The maximum atomic E-state index is 13.1. The van der Waals surface area contributed by atoms with Crippen LogP contribution in [0.1, 0.15) is 12.0 Å². The van der Waals surface area contributed by atoms with Crippen LogP contribution >= 0.6 is 23.2 Å². The highest BCUT2D eigenvalue weighted by Crippen LogP contribution is 2.46. The molecule has 1 saturated heterocycles. The number of rotatable bonds is 3. The van der Waals surface area contributed by atoms with Crippen LogP contribution in [0.2, 0.25) is 10.0 Å². The van der Waals surface area contributed by atoms with Crippen LogP contribution < -0.4 is 0 Å². The first-order valence-electron chi connectivity index (χ1n) is 6.11. The number of hydrogen-bond donors (Lipinski definition) is 1. The van der Waals surface area contributed by atoms with Gasteiger partial charge in [0.25, 0.3) is 0 Å². The van der Waals surface area contributed by atoms with Gasteiger partial charge in [0.05, 0.1) is 0 Å². The van der Waals surface area contributed by atoms with E-state index in [9.17, 15) is 18.0 Å². The van der Waals surface area contributed by atoms with Crippen molar-refractivity contribution >= 4 is 29.2 Å². The minimum Gasteiger partial charge on any atom is -0.481 e. The van der Waals surface area contributed by atoms with Crippen LogP contribution in [0.3, 0.4) is 0 Å². The zero-order valence-corrected chi connectivity index (χ0v) is 12.3. The molecule has 1 N–H and O–H groups in total. The number of carboxylic acid groups (broad SMARTS) is 1. The van der Waals surface area contributed by atoms with E-state index in [1.807, 2.05) is 0 Å². The van der Waals surface area contributed by atoms with Crippen LogP contribution in [0, 0.1) is 5.41 Å². The molecule has 0 bridgehead atoms. The average molecular weight is 342 g/mol. The molecule has 1 aliphatic rings. The van der Waals surface area contributed by atoms with Crippen molar-refractivity contribution in [1.82, 2.24) is 4.90 Å². The van der Waals surface area contributed by atoms with Crippen molar-refractivity contribution in [1.29, 1.82) is 0 Å². The third-order valence-corrected chi connectivity index (χ3v) is 4.07. The molecule has 3 nitrogen and oxygen atoms in total. The van der Waals surface area contributed by atoms with Crippen molar-refractivity contribution < 1.29 is 23.1 Å².